The molecule has 0 aliphatic carbocycles. The summed E-state index contributed by atoms with van der Waals surface area (Å²) in [5.74, 6) is 1.46. The van der Waals surface area contributed by atoms with Crippen LogP contribution in [-0.2, 0) is 20.3 Å². The van der Waals surface area contributed by atoms with Gasteiger partial charge in [0.25, 0.3) is 0 Å². The van der Waals surface area contributed by atoms with Gasteiger partial charge in [-0.2, -0.15) is 9.61 Å². The number of rotatable bonds is 5. The average Bonchev–Trinajstić information content (AvgIpc) is 3.45. The molecule has 0 aliphatic heterocycles. The van der Waals surface area contributed by atoms with E-state index < -0.39 is 6.67 Å². The molecular weight excluding hydrogens is 367 g/mol. The van der Waals surface area contributed by atoms with Crippen molar-refractivity contribution < 1.29 is 13.7 Å². The van der Waals surface area contributed by atoms with E-state index in [1.54, 1.807) is 11.7 Å². The van der Waals surface area contributed by atoms with E-state index in [1.807, 2.05) is 24.3 Å². The zero-order valence-corrected chi connectivity index (χ0v) is 14.7. The fourth-order valence-corrected chi connectivity index (χ4v) is 2.88. The maximum absolute atomic E-state index is 12.8. The van der Waals surface area contributed by atoms with Crippen LogP contribution in [0.15, 0.2) is 41.2 Å². The normalized spacial score (nSPS) is 11.5. The highest BCUT2D eigenvalue weighted by atomic mass is 19.1. The standard InChI is InChI=1S/C17H13FN8O2/c1-25-14(19-9-20-25)8-27-17-12-5-3-2-4-11(12)15-21-22-16(26(15)23-17)13-6-10(7-18)28-24-13/h2-6,9H,7-8H2,1H3. The van der Waals surface area contributed by atoms with Gasteiger partial charge in [0.15, 0.2) is 22.9 Å². The van der Waals surface area contributed by atoms with Crippen LogP contribution in [0.3, 0.4) is 0 Å². The molecule has 28 heavy (non-hydrogen) atoms. The van der Waals surface area contributed by atoms with Gasteiger partial charge in [0.05, 0.1) is 0 Å². The minimum Gasteiger partial charge on any atom is -0.468 e. The van der Waals surface area contributed by atoms with E-state index in [0.29, 0.717) is 28.9 Å². The predicted molar refractivity (Wildman–Crippen MR) is 93.9 cm³/mol. The Bertz CT molecular complexity index is 1290. The van der Waals surface area contributed by atoms with Gasteiger partial charge in [-0.05, 0) is 6.07 Å². The van der Waals surface area contributed by atoms with E-state index in [4.69, 9.17) is 9.26 Å². The van der Waals surface area contributed by atoms with Gasteiger partial charge in [-0.25, -0.2) is 9.37 Å². The maximum Gasteiger partial charge on any atom is 0.240 e. The van der Waals surface area contributed by atoms with Crippen LogP contribution in [0.2, 0.25) is 0 Å². The second-order valence-electron chi connectivity index (χ2n) is 6.01. The molecule has 0 spiro atoms. The molecule has 0 bridgehead atoms. The minimum atomic E-state index is -0.758. The number of fused-ring (bicyclic) bond motifs is 3. The zero-order valence-electron chi connectivity index (χ0n) is 14.7. The molecule has 1 aromatic carbocycles. The number of aryl methyl sites for hydroxylation is 1. The Morgan fingerprint density at radius 3 is 2.79 bits per heavy atom. The molecule has 0 saturated carbocycles. The maximum atomic E-state index is 12.8. The molecule has 0 N–H and O–H groups in total. The summed E-state index contributed by atoms with van der Waals surface area (Å²) in [5.41, 5.74) is 0.864. The van der Waals surface area contributed by atoms with E-state index in [0.717, 1.165) is 10.8 Å². The Morgan fingerprint density at radius 2 is 2.04 bits per heavy atom. The van der Waals surface area contributed by atoms with Gasteiger partial charge in [0.1, 0.15) is 19.6 Å². The highest BCUT2D eigenvalue weighted by molar-refractivity contribution is 5.96. The van der Waals surface area contributed by atoms with Crippen molar-refractivity contribution in [3.05, 3.63) is 48.2 Å². The first-order valence-electron chi connectivity index (χ1n) is 8.36. The summed E-state index contributed by atoms with van der Waals surface area (Å²) in [6.45, 7) is -0.571. The van der Waals surface area contributed by atoms with Gasteiger partial charge in [0, 0.05) is 23.9 Å². The summed E-state index contributed by atoms with van der Waals surface area (Å²) in [4.78, 5) is 4.15. The number of alkyl halides is 1. The largest absolute Gasteiger partial charge is 0.468 e. The Morgan fingerprint density at radius 1 is 1.18 bits per heavy atom. The van der Waals surface area contributed by atoms with Crippen LogP contribution in [0.4, 0.5) is 4.39 Å². The Labute approximate surface area is 156 Å². The van der Waals surface area contributed by atoms with E-state index in [2.05, 4.69) is 30.5 Å². The molecule has 4 heterocycles. The number of hydrogen-bond donors (Lipinski definition) is 0. The fraction of sp³-hybridized carbons (Fsp3) is 0.176. The molecule has 140 valence electrons. The van der Waals surface area contributed by atoms with Crippen molar-refractivity contribution in [1.29, 1.82) is 0 Å². The third-order valence-electron chi connectivity index (χ3n) is 4.29. The topological polar surface area (TPSA) is 109 Å². The van der Waals surface area contributed by atoms with Crippen LogP contribution < -0.4 is 4.74 Å². The first-order valence-corrected chi connectivity index (χ1v) is 8.36. The molecule has 0 atom stereocenters. The van der Waals surface area contributed by atoms with Crippen LogP contribution in [0.25, 0.3) is 27.9 Å². The first kappa shape index (κ1) is 16.3. The molecule has 11 heteroatoms. The molecule has 0 radical (unpaired) electrons. The Hall–Kier alpha value is -3.89. The summed E-state index contributed by atoms with van der Waals surface area (Å²) in [5, 5.41) is 22.4. The van der Waals surface area contributed by atoms with E-state index in [-0.39, 0.29) is 12.4 Å². The monoisotopic (exact) mass is 380 g/mol. The molecule has 5 rings (SSSR count). The van der Waals surface area contributed by atoms with E-state index in [1.165, 1.54) is 16.9 Å². The van der Waals surface area contributed by atoms with E-state index in [9.17, 15) is 4.39 Å². The lowest BCUT2D eigenvalue weighted by Crippen LogP contribution is -2.07. The number of hydrogen-bond acceptors (Lipinski definition) is 8. The molecule has 0 amide bonds. The van der Waals surface area contributed by atoms with Gasteiger partial charge in [0.2, 0.25) is 11.7 Å². The van der Waals surface area contributed by atoms with E-state index >= 15 is 0 Å². The summed E-state index contributed by atoms with van der Waals surface area (Å²) < 4.78 is 26.8. The molecule has 10 nitrogen and oxygen atoms in total. The summed E-state index contributed by atoms with van der Waals surface area (Å²) in [6, 6.07) is 9.03. The van der Waals surface area contributed by atoms with Crippen LogP contribution >= 0.6 is 0 Å². The van der Waals surface area contributed by atoms with Gasteiger partial charge in [-0.15, -0.1) is 15.3 Å². The number of halogens is 1. The Balaban J connectivity index is 1.65. The van der Waals surface area contributed by atoms with Crippen molar-refractivity contribution in [3.63, 3.8) is 0 Å². The first-order chi connectivity index (χ1) is 13.7. The quantitative estimate of drug-likeness (QED) is 0.456. The molecule has 0 unspecified atom stereocenters. The number of ether oxygens (including phenoxy) is 1. The van der Waals surface area contributed by atoms with Crippen LogP contribution in [0.1, 0.15) is 11.6 Å². The highest BCUT2D eigenvalue weighted by Crippen LogP contribution is 2.29. The van der Waals surface area contributed by atoms with Crippen molar-refractivity contribution in [1.82, 2.24) is 39.7 Å². The molecular formula is C17H13FN8O2. The Kier molecular flexibility index (Phi) is 3.71. The van der Waals surface area contributed by atoms with Crippen molar-refractivity contribution in [2.45, 2.75) is 13.3 Å². The lowest BCUT2D eigenvalue weighted by atomic mass is 10.2. The summed E-state index contributed by atoms with van der Waals surface area (Å²) in [6.07, 6.45) is 1.46. The van der Waals surface area contributed by atoms with Gasteiger partial charge < -0.3 is 9.26 Å². The van der Waals surface area contributed by atoms with Crippen LogP contribution in [0.5, 0.6) is 5.88 Å². The van der Waals surface area contributed by atoms with Crippen LogP contribution in [-0.4, -0.2) is 39.7 Å². The van der Waals surface area contributed by atoms with Crippen molar-refractivity contribution in [3.8, 4) is 17.4 Å². The molecule has 4 aromatic heterocycles. The number of aromatic nitrogens is 8. The predicted octanol–water partition coefficient (Wildman–Crippen LogP) is 2.11. The zero-order chi connectivity index (χ0) is 19.1. The lowest BCUT2D eigenvalue weighted by molar-refractivity contribution is 0.278. The van der Waals surface area contributed by atoms with Crippen LogP contribution in [0, 0.1) is 0 Å². The van der Waals surface area contributed by atoms with Gasteiger partial charge >= 0.3 is 0 Å². The summed E-state index contributed by atoms with van der Waals surface area (Å²) >= 11 is 0. The highest BCUT2D eigenvalue weighted by Gasteiger charge is 2.19. The summed E-state index contributed by atoms with van der Waals surface area (Å²) in [7, 11) is 1.78. The van der Waals surface area contributed by atoms with Crippen molar-refractivity contribution >= 4 is 16.4 Å². The minimum absolute atomic E-state index is 0.103. The SMILES string of the molecule is Cn1ncnc1COc1nn2c(-c3cc(CF)on3)nnc2c2ccccc12. The molecule has 5 aromatic rings. The molecule has 0 saturated heterocycles. The second kappa shape index (κ2) is 6.37. The fourth-order valence-electron chi connectivity index (χ4n) is 2.88. The number of nitrogens with zero attached hydrogens (tertiary/aromatic N) is 8. The van der Waals surface area contributed by atoms with Gasteiger partial charge in [-0.1, -0.05) is 23.4 Å². The smallest absolute Gasteiger partial charge is 0.240 e. The average molecular weight is 380 g/mol. The molecule has 0 fully saturated rings. The lowest BCUT2D eigenvalue weighted by Gasteiger charge is -2.09. The number of benzene rings is 1. The van der Waals surface area contributed by atoms with Gasteiger partial charge in [-0.3, -0.25) is 4.68 Å². The third kappa shape index (κ3) is 2.55. The van der Waals surface area contributed by atoms with Crippen molar-refractivity contribution in [2.24, 2.45) is 7.05 Å². The third-order valence-corrected chi connectivity index (χ3v) is 4.29. The molecule has 0 aliphatic rings. The van der Waals surface area contributed by atoms with Crippen molar-refractivity contribution in [2.75, 3.05) is 0 Å². The second-order valence-corrected chi connectivity index (χ2v) is 6.01.